The molecule has 2 atom stereocenters. The number of aliphatic hydroxyl groups excluding tert-OH is 1. The van der Waals surface area contributed by atoms with E-state index in [9.17, 15) is 18.0 Å². The highest BCUT2D eigenvalue weighted by Crippen LogP contribution is 2.36. The summed E-state index contributed by atoms with van der Waals surface area (Å²) in [6.45, 7) is 8.82. The molecule has 0 bridgehead atoms. The van der Waals surface area contributed by atoms with Crippen LogP contribution < -0.4 is 0 Å². The molecule has 1 saturated carbocycles. The van der Waals surface area contributed by atoms with Crippen LogP contribution in [0.5, 0.6) is 0 Å². The molecule has 1 N–H and O–H groups in total. The zero-order valence-electron chi connectivity index (χ0n) is 22.9. The Hall–Kier alpha value is -2.45. The lowest BCUT2D eigenvalue weighted by Gasteiger charge is -2.36. The summed E-state index contributed by atoms with van der Waals surface area (Å²) in [5.41, 5.74) is 1.89. The quantitative estimate of drug-likeness (QED) is 0.521. The molecule has 1 unspecified atom stereocenters. The Morgan fingerprint density at radius 3 is 2.34 bits per heavy atom. The Labute approximate surface area is 225 Å². The molecule has 3 heterocycles. The number of carbonyl (C=O) groups excluding carboxylic acids is 1. The number of fused-ring (bicyclic) bond motifs is 1. The van der Waals surface area contributed by atoms with Gasteiger partial charge in [0, 0.05) is 50.0 Å². The molecule has 1 aliphatic carbocycles. The molecule has 2 fully saturated rings. The number of hydrogen-bond acceptors (Lipinski definition) is 4. The number of pyridine rings is 1. The van der Waals surface area contributed by atoms with Crippen LogP contribution in [0.1, 0.15) is 81.2 Å². The van der Waals surface area contributed by atoms with Crippen LogP contribution in [0.25, 0.3) is 0 Å². The molecule has 5 rings (SSSR count). The molecule has 1 aromatic heterocycles. The van der Waals surface area contributed by atoms with Gasteiger partial charge >= 0.3 is 6.18 Å². The zero-order chi connectivity index (χ0) is 27.7. The summed E-state index contributed by atoms with van der Waals surface area (Å²) >= 11 is 0. The van der Waals surface area contributed by atoms with Gasteiger partial charge in [0.1, 0.15) is 0 Å². The van der Waals surface area contributed by atoms with E-state index < -0.39 is 11.7 Å². The molecular formula is C30H42F3N3O2. The number of amides is 1. The van der Waals surface area contributed by atoms with E-state index in [0.29, 0.717) is 36.2 Å². The Bertz CT molecular complexity index is 1010. The third kappa shape index (κ3) is 7.56. The van der Waals surface area contributed by atoms with Gasteiger partial charge in [0.05, 0.1) is 5.56 Å². The van der Waals surface area contributed by atoms with Crippen molar-refractivity contribution >= 4 is 5.91 Å². The average molecular weight is 534 g/mol. The van der Waals surface area contributed by atoms with E-state index in [1.807, 2.05) is 13.8 Å². The number of rotatable bonds is 3. The van der Waals surface area contributed by atoms with Crippen molar-refractivity contribution in [2.24, 2.45) is 5.92 Å². The first-order valence-corrected chi connectivity index (χ1v) is 14.0. The second-order valence-electron chi connectivity index (χ2n) is 10.0. The van der Waals surface area contributed by atoms with Crippen molar-refractivity contribution in [3.63, 3.8) is 0 Å². The number of benzene rings is 1. The van der Waals surface area contributed by atoms with Crippen molar-refractivity contribution in [1.29, 1.82) is 0 Å². The summed E-state index contributed by atoms with van der Waals surface area (Å²) in [4.78, 5) is 21.5. The van der Waals surface area contributed by atoms with Crippen LogP contribution in [0.3, 0.4) is 0 Å². The molecule has 0 radical (unpaired) electrons. The first kappa shape index (κ1) is 30.1. The van der Waals surface area contributed by atoms with Crippen molar-refractivity contribution in [2.75, 3.05) is 26.2 Å². The van der Waals surface area contributed by atoms with Crippen LogP contribution in [0.2, 0.25) is 0 Å². The van der Waals surface area contributed by atoms with Gasteiger partial charge in [0.2, 0.25) is 5.91 Å². The van der Waals surface area contributed by atoms with E-state index in [1.54, 1.807) is 11.8 Å². The first-order chi connectivity index (χ1) is 18.3. The highest BCUT2D eigenvalue weighted by molar-refractivity contribution is 5.79. The number of aliphatic hydroxyl groups is 1. The van der Waals surface area contributed by atoms with Crippen molar-refractivity contribution in [3.05, 3.63) is 65.0 Å². The number of piperidine rings is 1. The maximum atomic E-state index is 13.2. The summed E-state index contributed by atoms with van der Waals surface area (Å²) in [5.74, 6) is 0.687. The molecule has 1 aromatic carbocycles. The molecule has 1 saturated heterocycles. The minimum Gasteiger partial charge on any atom is -0.397 e. The minimum absolute atomic E-state index is 0.0258. The third-order valence-electron chi connectivity index (χ3n) is 7.75. The molecule has 0 spiro atoms. The number of aromatic nitrogens is 1. The van der Waals surface area contributed by atoms with Crippen molar-refractivity contribution in [3.8, 4) is 0 Å². The zero-order valence-corrected chi connectivity index (χ0v) is 22.9. The minimum atomic E-state index is -4.42. The Morgan fingerprint density at radius 2 is 1.71 bits per heavy atom. The van der Waals surface area contributed by atoms with E-state index in [1.165, 1.54) is 5.56 Å². The van der Waals surface area contributed by atoms with Crippen LogP contribution >= 0.6 is 0 Å². The molecular weight excluding hydrogens is 491 g/mol. The first-order valence-electron chi connectivity index (χ1n) is 14.0. The third-order valence-corrected chi connectivity index (χ3v) is 7.75. The Kier molecular flexibility index (Phi) is 11.2. The molecule has 8 heteroatoms. The van der Waals surface area contributed by atoms with Crippen molar-refractivity contribution < 1.29 is 23.1 Å². The van der Waals surface area contributed by atoms with Crippen molar-refractivity contribution in [1.82, 2.24) is 14.8 Å². The number of hydrogen-bond donors (Lipinski definition) is 1. The smallest absolute Gasteiger partial charge is 0.397 e. The lowest BCUT2D eigenvalue weighted by Crippen LogP contribution is -2.42. The van der Waals surface area contributed by atoms with Gasteiger partial charge < -0.3 is 14.9 Å². The molecule has 38 heavy (non-hydrogen) atoms. The maximum Gasteiger partial charge on any atom is 0.417 e. The Balaban J connectivity index is 0.000000748. The summed E-state index contributed by atoms with van der Waals surface area (Å²) in [5, 5.41) is 7.57. The second kappa shape index (κ2) is 14.1. The summed E-state index contributed by atoms with van der Waals surface area (Å²) in [6, 6.07) is 12.3. The molecule has 5 nitrogen and oxygen atoms in total. The normalized spacial score (nSPS) is 22.0. The number of likely N-dealkylation sites (tertiary alicyclic amines) is 1. The van der Waals surface area contributed by atoms with Crippen LogP contribution in [0.4, 0.5) is 13.2 Å². The van der Waals surface area contributed by atoms with Gasteiger partial charge in [-0.05, 0) is 75.2 Å². The molecule has 2 aromatic rings. The van der Waals surface area contributed by atoms with Gasteiger partial charge in [-0.15, -0.1) is 0 Å². The summed E-state index contributed by atoms with van der Waals surface area (Å²) in [7, 11) is 0. The van der Waals surface area contributed by atoms with Crippen LogP contribution in [0.15, 0.2) is 42.6 Å². The van der Waals surface area contributed by atoms with E-state index in [4.69, 9.17) is 5.11 Å². The van der Waals surface area contributed by atoms with E-state index in [0.717, 1.165) is 57.5 Å². The number of carbonyl (C=O) groups is 1. The van der Waals surface area contributed by atoms with Crippen LogP contribution in [0, 0.1) is 5.92 Å². The lowest BCUT2D eigenvalue weighted by atomic mass is 9.89. The fraction of sp³-hybridized carbons (Fsp3) is 0.600. The van der Waals surface area contributed by atoms with Gasteiger partial charge in [-0.2, -0.15) is 13.2 Å². The molecule has 2 aliphatic heterocycles. The summed E-state index contributed by atoms with van der Waals surface area (Å²) < 4.78 is 39.2. The SMILES string of the molecule is CC.CCO.O=C([C@H]1CCC(N2CCC(c3ccccc3)CC2)C1)N1CCc2ncc(C(F)(F)F)cc2C1. The van der Waals surface area contributed by atoms with E-state index in [-0.39, 0.29) is 25.0 Å². The van der Waals surface area contributed by atoms with Crippen LogP contribution in [-0.4, -0.2) is 58.1 Å². The fourth-order valence-corrected chi connectivity index (χ4v) is 5.86. The van der Waals surface area contributed by atoms with Gasteiger partial charge in [-0.3, -0.25) is 9.78 Å². The standard InChI is InChI=1S/C26H30F3N3O.C2H6O.C2H6/c27-26(28,29)22-14-21-17-32(13-10-24(21)30-16-22)25(33)20-6-7-23(15-20)31-11-8-19(9-12-31)18-4-2-1-3-5-18;1-2-3;1-2/h1-5,14,16,19-20,23H,6-13,15,17H2;3H,2H2,1H3;1-2H3/t20-,23?;;/m0../s1. The Morgan fingerprint density at radius 1 is 1.05 bits per heavy atom. The predicted molar refractivity (Wildman–Crippen MR) is 144 cm³/mol. The van der Waals surface area contributed by atoms with Gasteiger partial charge in [-0.1, -0.05) is 44.2 Å². The summed E-state index contributed by atoms with van der Waals surface area (Å²) in [6.07, 6.45) is 2.05. The van der Waals surface area contributed by atoms with Crippen molar-refractivity contribution in [2.45, 2.75) is 84.0 Å². The highest BCUT2D eigenvalue weighted by Gasteiger charge is 2.38. The van der Waals surface area contributed by atoms with E-state index in [2.05, 4.69) is 40.2 Å². The molecule has 3 aliphatic rings. The fourth-order valence-electron chi connectivity index (χ4n) is 5.86. The molecule has 210 valence electrons. The maximum absolute atomic E-state index is 13.2. The van der Waals surface area contributed by atoms with Gasteiger partial charge in [-0.25, -0.2) is 0 Å². The highest BCUT2D eigenvalue weighted by atomic mass is 19.4. The number of halogens is 3. The average Bonchev–Trinajstić information content (AvgIpc) is 3.44. The lowest BCUT2D eigenvalue weighted by molar-refractivity contribution is -0.138. The van der Waals surface area contributed by atoms with Gasteiger partial charge in [0.25, 0.3) is 0 Å². The topological polar surface area (TPSA) is 56.7 Å². The second-order valence-corrected chi connectivity index (χ2v) is 10.0. The molecule has 1 amide bonds. The largest absolute Gasteiger partial charge is 0.417 e. The number of nitrogens with zero attached hydrogens (tertiary/aromatic N) is 3. The van der Waals surface area contributed by atoms with Gasteiger partial charge in [0.15, 0.2) is 0 Å². The predicted octanol–water partition coefficient (Wildman–Crippen LogP) is 6.06. The van der Waals surface area contributed by atoms with Crippen LogP contribution in [-0.2, 0) is 23.9 Å². The number of alkyl halides is 3. The monoisotopic (exact) mass is 533 g/mol. The van der Waals surface area contributed by atoms with E-state index >= 15 is 0 Å².